The number of nitrogens with one attached hydrogen (secondary N) is 1. The molecule has 3 aromatic heterocycles. The third-order valence-electron chi connectivity index (χ3n) is 5.23. The van der Waals surface area contributed by atoms with Crippen LogP contribution in [0.3, 0.4) is 0 Å². The number of H-pyrrole nitrogens is 1. The number of benzene rings is 1. The van der Waals surface area contributed by atoms with E-state index in [0.29, 0.717) is 16.7 Å². The molecule has 0 fully saturated rings. The highest BCUT2D eigenvalue weighted by Crippen LogP contribution is 2.17. The summed E-state index contributed by atoms with van der Waals surface area (Å²) in [4.78, 5) is 43.1. The summed E-state index contributed by atoms with van der Waals surface area (Å²) in [5, 5.41) is 7.20. The highest BCUT2D eigenvalue weighted by atomic mass is 32.2. The Balaban J connectivity index is 1.54. The molecule has 4 rings (SSSR count). The van der Waals surface area contributed by atoms with Gasteiger partial charge in [-0.3, -0.25) is 23.8 Å². The largest absolute Gasteiger partial charge is 0.462 e. The Morgan fingerprint density at radius 3 is 2.60 bits per heavy atom. The number of ketones is 1. The first-order valence-electron chi connectivity index (χ1n) is 10.9. The summed E-state index contributed by atoms with van der Waals surface area (Å²) in [6, 6.07) is 12.9. The zero-order valence-electron chi connectivity index (χ0n) is 19.2. The zero-order chi connectivity index (χ0) is 24.9. The lowest BCUT2D eigenvalue weighted by Crippen LogP contribution is -2.44. The van der Waals surface area contributed by atoms with Crippen molar-refractivity contribution < 1.29 is 9.21 Å². The summed E-state index contributed by atoms with van der Waals surface area (Å²) in [6.07, 6.45) is 3.45. The van der Waals surface area contributed by atoms with Crippen LogP contribution in [0.1, 0.15) is 40.2 Å². The van der Waals surface area contributed by atoms with E-state index in [2.05, 4.69) is 15.2 Å². The predicted octanol–water partition coefficient (Wildman–Crippen LogP) is 2.83. The minimum atomic E-state index is -0.697. The van der Waals surface area contributed by atoms with Gasteiger partial charge in [0.25, 0.3) is 5.56 Å². The maximum Gasteiger partial charge on any atom is 0.332 e. The second-order valence-electron chi connectivity index (χ2n) is 7.66. The van der Waals surface area contributed by atoms with E-state index in [-0.39, 0.29) is 30.2 Å². The molecule has 0 amide bonds. The van der Waals surface area contributed by atoms with E-state index in [4.69, 9.17) is 10.2 Å². The zero-order valence-corrected chi connectivity index (χ0v) is 20.0. The Hall–Kier alpha value is -4.12. The highest BCUT2D eigenvalue weighted by Gasteiger charge is 2.23. The van der Waals surface area contributed by atoms with Crippen molar-refractivity contribution in [3.05, 3.63) is 91.8 Å². The standard InChI is InChI=1S/C24H24N6O4S/c1-3-29-22(32)20(21(25)30(24(29)33)13-16-7-5-4-6-8-16)18(31)14-35-23-26-19(27-28-23)12-11-17-10-9-15(2)34-17/h4-12H,3,13-14,25H2,1-2H3,(H,26,27,28)/b12-11+. The van der Waals surface area contributed by atoms with Crippen LogP contribution in [-0.2, 0) is 13.1 Å². The van der Waals surface area contributed by atoms with E-state index >= 15 is 0 Å². The van der Waals surface area contributed by atoms with Gasteiger partial charge in [-0.05, 0) is 43.7 Å². The van der Waals surface area contributed by atoms with E-state index < -0.39 is 17.0 Å². The third-order valence-corrected chi connectivity index (χ3v) is 6.07. The quantitative estimate of drug-likeness (QED) is 0.268. The van der Waals surface area contributed by atoms with Crippen molar-refractivity contribution in [1.29, 1.82) is 0 Å². The summed E-state index contributed by atoms with van der Waals surface area (Å²) in [5.74, 6) is 1.19. The number of rotatable bonds is 9. The van der Waals surface area contributed by atoms with Crippen LogP contribution in [0.2, 0.25) is 0 Å². The Morgan fingerprint density at radius 1 is 1.14 bits per heavy atom. The molecule has 11 heteroatoms. The van der Waals surface area contributed by atoms with Gasteiger partial charge in [-0.25, -0.2) is 9.78 Å². The minimum absolute atomic E-state index is 0.117. The molecule has 0 aliphatic rings. The number of nitrogen functional groups attached to an aromatic ring is 1. The lowest BCUT2D eigenvalue weighted by atomic mass is 10.2. The number of carbonyl (C=O) groups excluding carboxylic acids is 1. The fourth-order valence-electron chi connectivity index (χ4n) is 3.48. The van der Waals surface area contributed by atoms with Crippen LogP contribution < -0.4 is 17.0 Å². The number of anilines is 1. The third kappa shape index (κ3) is 5.35. The Kier molecular flexibility index (Phi) is 7.16. The molecule has 0 unspecified atom stereocenters. The molecule has 3 heterocycles. The van der Waals surface area contributed by atoms with Gasteiger partial charge in [0.05, 0.1) is 12.3 Å². The van der Waals surface area contributed by atoms with E-state index in [1.807, 2.05) is 49.4 Å². The first kappa shape index (κ1) is 24.0. The molecular formula is C24H24N6O4S. The van der Waals surface area contributed by atoms with Gasteiger partial charge in [-0.15, -0.1) is 5.10 Å². The van der Waals surface area contributed by atoms with Crippen molar-refractivity contribution in [2.75, 3.05) is 11.5 Å². The molecule has 0 aliphatic heterocycles. The fourth-order valence-corrected chi connectivity index (χ4v) is 4.16. The van der Waals surface area contributed by atoms with Gasteiger partial charge in [0.1, 0.15) is 28.7 Å². The second-order valence-corrected chi connectivity index (χ2v) is 8.60. The lowest BCUT2D eigenvalue weighted by molar-refractivity contribution is 0.102. The van der Waals surface area contributed by atoms with Gasteiger partial charge < -0.3 is 10.2 Å². The molecule has 0 atom stereocenters. The minimum Gasteiger partial charge on any atom is -0.462 e. The summed E-state index contributed by atoms with van der Waals surface area (Å²) in [7, 11) is 0. The SMILES string of the molecule is CCn1c(=O)c(C(=O)CSc2n[nH]c(/C=C/c3ccc(C)o3)n2)c(N)n(Cc2ccccc2)c1=O. The molecule has 0 aliphatic carbocycles. The molecule has 10 nitrogen and oxygen atoms in total. The Bertz CT molecular complexity index is 1500. The average molecular weight is 493 g/mol. The number of nitrogens with zero attached hydrogens (tertiary/aromatic N) is 4. The number of aromatic amines is 1. The fraction of sp³-hybridized carbons (Fsp3) is 0.208. The van der Waals surface area contributed by atoms with E-state index in [1.165, 1.54) is 4.57 Å². The lowest BCUT2D eigenvalue weighted by Gasteiger charge is -2.15. The Labute approximate surface area is 204 Å². The Morgan fingerprint density at radius 2 is 1.91 bits per heavy atom. The van der Waals surface area contributed by atoms with E-state index in [0.717, 1.165) is 27.7 Å². The molecule has 1 aromatic carbocycles. The summed E-state index contributed by atoms with van der Waals surface area (Å²) in [6.45, 7) is 3.78. The van der Waals surface area contributed by atoms with Gasteiger partial charge in [0.15, 0.2) is 5.78 Å². The summed E-state index contributed by atoms with van der Waals surface area (Å²) >= 11 is 1.06. The van der Waals surface area contributed by atoms with Crippen molar-refractivity contribution in [1.82, 2.24) is 24.3 Å². The number of aryl methyl sites for hydroxylation is 1. The molecule has 0 saturated carbocycles. The second kappa shape index (κ2) is 10.4. The number of Topliss-reactive ketones (excluding diaryl/α,β-unsaturated/α-hetero) is 1. The van der Waals surface area contributed by atoms with E-state index in [1.54, 1.807) is 19.1 Å². The monoisotopic (exact) mass is 492 g/mol. The van der Waals surface area contributed by atoms with Crippen LogP contribution in [-0.4, -0.2) is 35.9 Å². The van der Waals surface area contributed by atoms with E-state index in [9.17, 15) is 14.4 Å². The molecule has 4 aromatic rings. The van der Waals surface area contributed by atoms with Crippen molar-refractivity contribution >= 4 is 35.5 Å². The van der Waals surface area contributed by atoms with Crippen molar-refractivity contribution in [2.24, 2.45) is 0 Å². The number of aromatic nitrogens is 5. The number of hydrogen-bond donors (Lipinski definition) is 2. The first-order valence-corrected chi connectivity index (χ1v) is 11.9. The first-order chi connectivity index (χ1) is 16.9. The van der Waals surface area contributed by atoms with Crippen molar-refractivity contribution in [2.45, 2.75) is 32.1 Å². The van der Waals surface area contributed by atoms with Gasteiger partial charge in [0, 0.05) is 6.54 Å². The van der Waals surface area contributed by atoms with Crippen LogP contribution in [0.15, 0.2) is 61.6 Å². The molecule has 0 radical (unpaired) electrons. The molecular weight excluding hydrogens is 468 g/mol. The van der Waals surface area contributed by atoms with Crippen LogP contribution >= 0.6 is 11.8 Å². The maximum atomic E-state index is 13.0. The molecule has 3 N–H and O–H groups in total. The normalized spacial score (nSPS) is 11.4. The smallest absolute Gasteiger partial charge is 0.332 e. The number of hydrogen-bond acceptors (Lipinski definition) is 8. The van der Waals surface area contributed by atoms with Gasteiger partial charge in [0.2, 0.25) is 5.16 Å². The van der Waals surface area contributed by atoms with Gasteiger partial charge in [-0.1, -0.05) is 42.1 Å². The molecule has 180 valence electrons. The number of carbonyl (C=O) groups is 1. The van der Waals surface area contributed by atoms with Crippen LogP contribution in [0.4, 0.5) is 5.82 Å². The van der Waals surface area contributed by atoms with Crippen molar-refractivity contribution in [3.8, 4) is 0 Å². The molecule has 0 spiro atoms. The van der Waals surface area contributed by atoms with Gasteiger partial charge >= 0.3 is 5.69 Å². The van der Waals surface area contributed by atoms with Crippen LogP contribution in [0, 0.1) is 6.92 Å². The van der Waals surface area contributed by atoms with Gasteiger partial charge in [-0.2, -0.15) is 0 Å². The number of furan rings is 1. The van der Waals surface area contributed by atoms with Crippen molar-refractivity contribution in [3.63, 3.8) is 0 Å². The topological polar surface area (TPSA) is 142 Å². The predicted molar refractivity (Wildman–Crippen MR) is 134 cm³/mol. The van der Waals surface area contributed by atoms with Crippen LogP contribution in [0.25, 0.3) is 12.2 Å². The summed E-state index contributed by atoms with van der Waals surface area (Å²) < 4.78 is 7.74. The molecule has 0 bridgehead atoms. The molecule has 0 saturated heterocycles. The highest BCUT2D eigenvalue weighted by molar-refractivity contribution is 7.99. The summed E-state index contributed by atoms with van der Waals surface area (Å²) in [5.41, 5.74) is 5.55. The van der Waals surface area contributed by atoms with Crippen LogP contribution in [0.5, 0.6) is 0 Å². The maximum absolute atomic E-state index is 13.0. The average Bonchev–Trinajstić information content (AvgIpc) is 3.48. The number of thioether (sulfide) groups is 1. The number of nitrogens with two attached hydrogens (primary N) is 1. The molecule has 35 heavy (non-hydrogen) atoms.